The van der Waals surface area contributed by atoms with Crippen molar-refractivity contribution >= 4 is 33.4 Å². The number of nitrogens with zero attached hydrogens (tertiary/aromatic N) is 1. The van der Waals surface area contributed by atoms with E-state index in [4.69, 9.17) is 23.2 Å². The summed E-state index contributed by atoms with van der Waals surface area (Å²) in [5.41, 5.74) is -0.0230. The molecule has 0 spiro atoms. The third kappa shape index (κ3) is 3.07. The van der Waals surface area contributed by atoms with Crippen LogP contribution < -0.4 is 9.44 Å². The molecule has 0 saturated carbocycles. The van der Waals surface area contributed by atoms with Crippen molar-refractivity contribution in [2.75, 3.05) is 0 Å². The molecule has 0 amide bonds. The molecule has 9 heteroatoms. The van der Waals surface area contributed by atoms with E-state index in [0.717, 1.165) is 0 Å². The Morgan fingerprint density at radius 2 is 2.00 bits per heavy atom. The van der Waals surface area contributed by atoms with E-state index in [1.54, 1.807) is 25.1 Å². The fourth-order valence-corrected chi connectivity index (χ4v) is 4.41. The van der Waals surface area contributed by atoms with Gasteiger partial charge in [-0.15, -0.1) is 0 Å². The van der Waals surface area contributed by atoms with Crippen LogP contribution in [0.2, 0.25) is 10.2 Å². The van der Waals surface area contributed by atoms with Gasteiger partial charge in [-0.25, -0.2) is 9.37 Å². The zero-order valence-electron chi connectivity index (χ0n) is 11.8. The Bertz CT molecular complexity index is 861. The summed E-state index contributed by atoms with van der Waals surface area (Å²) in [5, 5.41) is 0.262. The predicted octanol–water partition coefficient (Wildman–Crippen LogP) is 2.92. The lowest BCUT2D eigenvalue weighted by Crippen LogP contribution is -2.39. The minimum absolute atomic E-state index is 0.0302. The van der Waals surface area contributed by atoms with E-state index >= 15 is 0 Å². The van der Waals surface area contributed by atoms with Crippen molar-refractivity contribution in [1.82, 2.24) is 14.4 Å². The third-order valence-corrected chi connectivity index (χ3v) is 5.57. The highest BCUT2D eigenvalue weighted by atomic mass is 35.5. The highest BCUT2D eigenvalue weighted by Crippen LogP contribution is 2.40. The number of nitrogens with one attached hydrogen (secondary N) is 2. The smallest absolute Gasteiger partial charge is 0.244 e. The molecule has 1 aromatic heterocycles. The lowest BCUT2D eigenvalue weighted by atomic mass is 9.83. The van der Waals surface area contributed by atoms with Crippen LogP contribution in [0.4, 0.5) is 4.39 Å². The number of pyridine rings is 1. The standard InChI is InChI=1S/C14H12Cl2FN3O2S/c1-14(9-3-5-12(16)18-7-9)13(19-23(21,22)20-14)8-2-4-10(15)11(17)6-8/h2-7,13,19-20H,1H3/t13-,14+/m0/s1. The van der Waals surface area contributed by atoms with Crippen molar-refractivity contribution in [3.8, 4) is 0 Å². The molecular formula is C14H12Cl2FN3O2S. The molecule has 2 N–H and O–H groups in total. The van der Waals surface area contributed by atoms with Gasteiger partial charge in [0.25, 0.3) is 10.2 Å². The monoisotopic (exact) mass is 375 g/mol. The molecule has 1 fully saturated rings. The molecule has 2 aromatic rings. The van der Waals surface area contributed by atoms with Crippen LogP contribution in [-0.2, 0) is 15.7 Å². The maximum atomic E-state index is 13.8. The largest absolute Gasteiger partial charge is 0.278 e. The average Bonchev–Trinajstić information content (AvgIpc) is 2.73. The molecule has 23 heavy (non-hydrogen) atoms. The summed E-state index contributed by atoms with van der Waals surface area (Å²) in [7, 11) is -3.75. The highest BCUT2D eigenvalue weighted by molar-refractivity contribution is 7.87. The van der Waals surface area contributed by atoms with Crippen LogP contribution in [-0.4, -0.2) is 13.4 Å². The Labute approximate surface area is 143 Å². The first-order chi connectivity index (χ1) is 10.7. The summed E-state index contributed by atoms with van der Waals surface area (Å²) < 4.78 is 42.9. The van der Waals surface area contributed by atoms with Gasteiger partial charge >= 0.3 is 0 Å². The molecule has 1 aromatic carbocycles. The number of rotatable bonds is 2. The van der Waals surface area contributed by atoms with E-state index in [1.165, 1.54) is 18.3 Å². The Balaban J connectivity index is 2.12. The van der Waals surface area contributed by atoms with Crippen LogP contribution in [0.1, 0.15) is 24.1 Å². The van der Waals surface area contributed by atoms with Crippen molar-refractivity contribution in [2.24, 2.45) is 0 Å². The number of hydrogen-bond acceptors (Lipinski definition) is 3. The zero-order valence-corrected chi connectivity index (χ0v) is 14.2. The second kappa shape index (κ2) is 5.68. The minimum atomic E-state index is -3.75. The van der Waals surface area contributed by atoms with Gasteiger partial charge in [-0.1, -0.05) is 35.3 Å². The highest BCUT2D eigenvalue weighted by Gasteiger charge is 2.48. The quantitative estimate of drug-likeness (QED) is 0.792. The molecule has 122 valence electrons. The second-order valence-corrected chi connectivity index (χ2v) is 7.64. The average molecular weight is 376 g/mol. The molecule has 5 nitrogen and oxygen atoms in total. The van der Waals surface area contributed by atoms with Crippen molar-refractivity contribution < 1.29 is 12.8 Å². The van der Waals surface area contributed by atoms with Gasteiger partial charge < -0.3 is 0 Å². The van der Waals surface area contributed by atoms with Gasteiger partial charge in [0, 0.05) is 6.20 Å². The molecule has 0 bridgehead atoms. The molecule has 1 aliphatic rings. The third-order valence-electron chi connectivity index (χ3n) is 3.80. The molecule has 1 saturated heterocycles. The van der Waals surface area contributed by atoms with Gasteiger partial charge in [0.05, 0.1) is 16.6 Å². The molecular weight excluding hydrogens is 364 g/mol. The van der Waals surface area contributed by atoms with Crippen LogP contribution in [0.5, 0.6) is 0 Å². The summed E-state index contributed by atoms with van der Waals surface area (Å²) >= 11 is 11.5. The SMILES string of the molecule is C[C@]1(c2ccc(Cl)nc2)NS(=O)(=O)N[C@H]1c1ccc(Cl)c(F)c1. The fraction of sp³-hybridized carbons (Fsp3) is 0.214. The van der Waals surface area contributed by atoms with Crippen LogP contribution in [0.25, 0.3) is 0 Å². The van der Waals surface area contributed by atoms with Gasteiger partial charge in [-0.3, -0.25) is 0 Å². The lowest BCUT2D eigenvalue weighted by molar-refractivity contribution is 0.377. The first-order valence-electron chi connectivity index (χ1n) is 6.59. The lowest BCUT2D eigenvalue weighted by Gasteiger charge is -2.30. The van der Waals surface area contributed by atoms with E-state index in [1.807, 2.05) is 0 Å². The van der Waals surface area contributed by atoms with Crippen LogP contribution in [0, 0.1) is 5.82 Å². The normalized spacial score (nSPS) is 26.3. The van der Waals surface area contributed by atoms with Gasteiger partial charge in [-0.05, 0) is 36.2 Å². The van der Waals surface area contributed by atoms with Crippen LogP contribution >= 0.6 is 23.2 Å². The summed E-state index contributed by atoms with van der Waals surface area (Å²) in [6.45, 7) is 1.69. The Morgan fingerprint density at radius 1 is 1.26 bits per heavy atom. The topological polar surface area (TPSA) is 71.1 Å². The first kappa shape index (κ1) is 16.6. The van der Waals surface area contributed by atoms with Gasteiger partial charge in [-0.2, -0.15) is 17.9 Å². The summed E-state index contributed by atoms with van der Waals surface area (Å²) in [6, 6.07) is 6.68. The number of hydrogen-bond donors (Lipinski definition) is 2. The number of benzene rings is 1. The molecule has 2 atom stereocenters. The van der Waals surface area contributed by atoms with E-state index in [0.29, 0.717) is 16.3 Å². The van der Waals surface area contributed by atoms with Crippen LogP contribution in [0.3, 0.4) is 0 Å². The molecule has 0 aliphatic carbocycles. The van der Waals surface area contributed by atoms with Crippen molar-refractivity contribution in [1.29, 1.82) is 0 Å². The second-order valence-electron chi connectivity index (χ2n) is 5.40. The van der Waals surface area contributed by atoms with E-state index in [2.05, 4.69) is 14.4 Å². The summed E-state index contributed by atoms with van der Waals surface area (Å²) in [6.07, 6.45) is 1.48. The van der Waals surface area contributed by atoms with E-state index < -0.39 is 27.6 Å². The van der Waals surface area contributed by atoms with E-state index in [9.17, 15) is 12.8 Å². The maximum absolute atomic E-state index is 13.8. The van der Waals surface area contributed by atoms with Crippen molar-refractivity contribution in [3.63, 3.8) is 0 Å². The summed E-state index contributed by atoms with van der Waals surface area (Å²) in [4.78, 5) is 3.98. The Hall–Kier alpha value is -1.25. The molecule has 0 unspecified atom stereocenters. The first-order valence-corrected chi connectivity index (χ1v) is 8.83. The van der Waals surface area contributed by atoms with Crippen LogP contribution in [0.15, 0.2) is 36.5 Å². The number of aromatic nitrogens is 1. The van der Waals surface area contributed by atoms with Gasteiger partial charge in [0.1, 0.15) is 11.0 Å². The molecule has 0 radical (unpaired) electrons. The summed E-state index contributed by atoms with van der Waals surface area (Å²) in [5.74, 6) is -0.619. The zero-order chi connectivity index (χ0) is 16.8. The minimum Gasteiger partial charge on any atom is -0.244 e. The fourth-order valence-electron chi connectivity index (χ4n) is 2.64. The van der Waals surface area contributed by atoms with Crippen molar-refractivity contribution in [2.45, 2.75) is 18.5 Å². The molecule has 2 heterocycles. The Morgan fingerprint density at radius 3 is 2.61 bits per heavy atom. The van der Waals surface area contributed by atoms with Crippen molar-refractivity contribution in [3.05, 3.63) is 63.6 Å². The molecule has 3 rings (SSSR count). The van der Waals surface area contributed by atoms with E-state index in [-0.39, 0.29) is 5.02 Å². The van der Waals surface area contributed by atoms with Gasteiger partial charge in [0.2, 0.25) is 0 Å². The maximum Gasteiger partial charge on any atom is 0.278 e. The predicted molar refractivity (Wildman–Crippen MR) is 85.9 cm³/mol. The van der Waals surface area contributed by atoms with Gasteiger partial charge in [0.15, 0.2) is 0 Å². The molecule has 1 aliphatic heterocycles. The Kier molecular flexibility index (Phi) is 4.10. The number of halogens is 3.